The summed E-state index contributed by atoms with van der Waals surface area (Å²) in [4.78, 5) is 13.1. The standard InChI is InChI=1S/C12H13FN2O2S2/c1-15-11(18-2)9(12(16)17)10(14-15)8-4-3-7(19-8)5-6-13/h3-4H,5-6H2,1-2H3,(H,16,17). The van der Waals surface area contributed by atoms with Crippen LogP contribution in [0, 0.1) is 0 Å². The molecular weight excluding hydrogens is 287 g/mol. The van der Waals surface area contributed by atoms with Crippen molar-refractivity contribution in [2.24, 2.45) is 7.05 Å². The molecular formula is C12H13FN2O2S2. The van der Waals surface area contributed by atoms with Crippen LogP contribution < -0.4 is 0 Å². The average Bonchev–Trinajstić information content (AvgIpc) is 2.93. The maximum absolute atomic E-state index is 12.3. The molecule has 0 aliphatic rings. The van der Waals surface area contributed by atoms with E-state index in [4.69, 9.17) is 0 Å². The smallest absolute Gasteiger partial charge is 0.340 e. The molecule has 2 aromatic heterocycles. The van der Waals surface area contributed by atoms with Gasteiger partial charge in [0.15, 0.2) is 0 Å². The van der Waals surface area contributed by atoms with Crippen LogP contribution in [0.4, 0.5) is 4.39 Å². The number of aryl methyl sites for hydroxylation is 2. The van der Waals surface area contributed by atoms with E-state index in [2.05, 4.69) is 5.10 Å². The highest BCUT2D eigenvalue weighted by atomic mass is 32.2. The summed E-state index contributed by atoms with van der Waals surface area (Å²) in [6.07, 6.45) is 2.17. The van der Waals surface area contributed by atoms with Crippen molar-refractivity contribution in [3.63, 3.8) is 0 Å². The number of carboxylic acids is 1. The minimum atomic E-state index is -0.993. The quantitative estimate of drug-likeness (QED) is 0.862. The Hall–Kier alpha value is -1.34. The van der Waals surface area contributed by atoms with Crippen LogP contribution in [0.2, 0.25) is 0 Å². The van der Waals surface area contributed by atoms with E-state index in [9.17, 15) is 14.3 Å². The Morgan fingerprint density at radius 2 is 2.32 bits per heavy atom. The molecule has 0 aliphatic heterocycles. The Morgan fingerprint density at radius 3 is 2.89 bits per heavy atom. The zero-order valence-electron chi connectivity index (χ0n) is 10.5. The number of hydrogen-bond acceptors (Lipinski definition) is 4. The molecule has 0 amide bonds. The number of carbonyl (C=O) groups is 1. The summed E-state index contributed by atoms with van der Waals surface area (Å²) in [6.45, 7) is -0.413. The topological polar surface area (TPSA) is 55.1 Å². The second-order valence-electron chi connectivity index (χ2n) is 3.87. The minimum absolute atomic E-state index is 0.212. The molecule has 0 bridgehead atoms. The first-order chi connectivity index (χ1) is 9.08. The van der Waals surface area contributed by atoms with E-state index in [-0.39, 0.29) is 5.56 Å². The van der Waals surface area contributed by atoms with E-state index in [0.29, 0.717) is 17.1 Å². The summed E-state index contributed by atoms with van der Waals surface area (Å²) in [5.41, 5.74) is 0.665. The predicted octanol–water partition coefficient (Wildman–Crippen LogP) is 3.08. The lowest BCUT2D eigenvalue weighted by Crippen LogP contribution is -1.99. The summed E-state index contributed by atoms with van der Waals surface area (Å²) >= 11 is 2.73. The number of rotatable bonds is 5. The van der Waals surface area contributed by atoms with Gasteiger partial charge in [-0.2, -0.15) is 5.10 Å². The number of aromatic carboxylic acids is 1. The molecule has 102 valence electrons. The number of aromatic nitrogens is 2. The molecule has 0 aromatic carbocycles. The number of thioether (sulfide) groups is 1. The molecule has 0 atom stereocenters. The summed E-state index contributed by atoms with van der Waals surface area (Å²) < 4.78 is 13.9. The monoisotopic (exact) mass is 300 g/mol. The van der Waals surface area contributed by atoms with Crippen LogP contribution >= 0.6 is 23.1 Å². The zero-order chi connectivity index (χ0) is 14.0. The van der Waals surface area contributed by atoms with Crippen LogP contribution in [-0.2, 0) is 13.5 Å². The highest BCUT2D eigenvalue weighted by Gasteiger charge is 2.23. The van der Waals surface area contributed by atoms with Gasteiger partial charge in [-0.05, 0) is 18.4 Å². The van der Waals surface area contributed by atoms with Crippen molar-refractivity contribution < 1.29 is 14.3 Å². The van der Waals surface area contributed by atoms with E-state index >= 15 is 0 Å². The third-order valence-electron chi connectivity index (χ3n) is 2.64. The van der Waals surface area contributed by atoms with Crippen molar-refractivity contribution in [2.75, 3.05) is 12.9 Å². The number of alkyl halides is 1. The van der Waals surface area contributed by atoms with Crippen LogP contribution in [0.15, 0.2) is 17.2 Å². The van der Waals surface area contributed by atoms with Gasteiger partial charge in [0.25, 0.3) is 0 Å². The number of nitrogens with zero attached hydrogens (tertiary/aromatic N) is 2. The van der Waals surface area contributed by atoms with Gasteiger partial charge in [-0.15, -0.1) is 23.1 Å². The Balaban J connectivity index is 2.51. The summed E-state index contributed by atoms with van der Waals surface area (Å²) in [7, 11) is 1.72. The lowest BCUT2D eigenvalue weighted by Gasteiger charge is -1.98. The van der Waals surface area contributed by atoms with Crippen molar-refractivity contribution in [1.82, 2.24) is 9.78 Å². The first-order valence-electron chi connectivity index (χ1n) is 5.57. The third kappa shape index (κ3) is 2.66. The van der Waals surface area contributed by atoms with Crippen LogP contribution in [0.1, 0.15) is 15.2 Å². The van der Waals surface area contributed by atoms with Crippen LogP contribution in [0.3, 0.4) is 0 Å². The molecule has 0 unspecified atom stereocenters. The van der Waals surface area contributed by atoms with E-state index < -0.39 is 12.6 Å². The molecule has 19 heavy (non-hydrogen) atoms. The van der Waals surface area contributed by atoms with Crippen LogP contribution in [0.5, 0.6) is 0 Å². The fourth-order valence-electron chi connectivity index (χ4n) is 1.84. The minimum Gasteiger partial charge on any atom is -0.478 e. The molecule has 2 aromatic rings. The van der Waals surface area contributed by atoms with Gasteiger partial charge in [0, 0.05) is 18.3 Å². The van der Waals surface area contributed by atoms with Gasteiger partial charge < -0.3 is 5.11 Å². The molecule has 0 spiro atoms. The van der Waals surface area contributed by atoms with Crippen molar-refractivity contribution in [3.05, 3.63) is 22.6 Å². The van der Waals surface area contributed by atoms with Gasteiger partial charge in [0.05, 0.1) is 11.6 Å². The average molecular weight is 300 g/mol. The molecule has 0 aliphatic carbocycles. The number of hydrogen-bond donors (Lipinski definition) is 1. The first-order valence-corrected chi connectivity index (χ1v) is 7.62. The van der Waals surface area contributed by atoms with Gasteiger partial charge in [-0.1, -0.05) is 0 Å². The molecule has 0 saturated carbocycles. The van der Waals surface area contributed by atoms with Gasteiger partial charge in [-0.3, -0.25) is 9.07 Å². The maximum atomic E-state index is 12.3. The molecule has 4 nitrogen and oxygen atoms in total. The third-order valence-corrected chi connectivity index (χ3v) is 4.64. The Bertz CT molecular complexity index is 607. The summed E-state index contributed by atoms with van der Waals surface area (Å²) in [5, 5.41) is 14.2. The van der Waals surface area contributed by atoms with Gasteiger partial charge in [0.2, 0.25) is 0 Å². The van der Waals surface area contributed by atoms with E-state index in [1.165, 1.54) is 23.1 Å². The normalized spacial score (nSPS) is 10.9. The van der Waals surface area contributed by atoms with Crippen molar-refractivity contribution in [2.45, 2.75) is 11.4 Å². The summed E-state index contributed by atoms with van der Waals surface area (Å²) in [5.74, 6) is -0.993. The molecule has 2 heterocycles. The van der Waals surface area contributed by atoms with E-state index in [1.54, 1.807) is 17.8 Å². The second kappa shape index (κ2) is 5.75. The van der Waals surface area contributed by atoms with Gasteiger partial charge in [-0.25, -0.2) is 4.79 Å². The molecule has 1 N–H and O–H groups in total. The Morgan fingerprint density at radius 1 is 1.58 bits per heavy atom. The number of thiophene rings is 1. The Kier molecular flexibility index (Phi) is 4.26. The van der Waals surface area contributed by atoms with Crippen molar-refractivity contribution in [1.29, 1.82) is 0 Å². The first kappa shape index (κ1) is 14.1. The fourth-order valence-corrected chi connectivity index (χ4v) is 3.51. The lowest BCUT2D eigenvalue weighted by molar-refractivity contribution is 0.0693. The number of halogens is 1. The highest BCUT2D eigenvalue weighted by molar-refractivity contribution is 7.98. The molecule has 2 rings (SSSR count). The van der Waals surface area contributed by atoms with Crippen molar-refractivity contribution in [3.8, 4) is 10.6 Å². The lowest BCUT2D eigenvalue weighted by atomic mass is 10.2. The molecule has 0 radical (unpaired) electrons. The fraction of sp³-hybridized carbons (Fsp3) is 0.333. The van der Waals surface area contributed by atoms with Gasteiger partial charge >= 0.3 is 5.97 Å². The van der Waals surface area contributed by atoms with Gasteiger partial charge in [0.1, 0.15) is 16.3 Å². The van der Waals surface area contributed by atoms with E-state index in [1.807, 2.05) is 12.3 Å². The maximum Gasteiger partial charge on any atom is 0.340 e. The molecule has 0 saturated heterocycles. The second-order valence-corrected chi connectivity index (χ2v) is 5.83. The predicted molar refractivity (Wildman–Crippen MR) is 74.9 cm³/mol. The van der Waals surface area contributed by atoms with Crippen molar-refractivity contribution >= 4 is 29.1 Å². The Labute approximate surface area is 118 Å². The molecule has 7 heteroatoms. The summed E-state index contributed by atoms with van der Waals surface area (Å²) in [6, 6.07) is 3.62. The number of carboxylic acid groups (broad SMARTS) is 1. The van der Waals surface area contributed by atoms with E-state index in [0.717, 1.165) is 9.75 Å². The van der Waals surface area contributed by atoms with Crippen LogP contribution in [-0.4, -0.2) is 33.8 Å². The highest BCUT2D eigenvalue weighted by Crippen LogP contribution is 2.34. The van der Waals surface area contributed by atoms with Crippen LogP contribution in [0.25, 0.3) is 10.6 Å². The SMILES string of the molecule is CSc1c(C(=O)O)c(-c2ccc(CCF)s2)nn1C. The molecule has 0 fully saturated rings. The largest absolute Gasteiger partial charge is 0.478 e. The zero-order valence-corrected chi connectivity index (χ0v) is 12.1.